The van der Waals surface area contributed by atoms with Gasteiger partial charge in [0, 0.05) is 11.8 Å². The zero-order valence-electron chi connectivity index (χ0n) is 15.3. The van der Waals surface area contributed by atoms with Crippen LogP contribution >= 0.6 is 0 Å². The number of carbonyl (C=O) groups excluding carboxylic acids is 2. The molecule has 0 bridgehead atoms. The Morgan fingerprint density at radius 3 is 2.50 bits per heavy atom. The molecule has 0 spiro atoms. The van der Waals surface area contributed by atoms with Gasteiger partial charge in [-0.15, -0.1) is 0 Å². The van der Waals surface area contributed by atoms with E-state index in [2.05, 4.69) is 5.32 Å². The lowest BCUT2D eigenvalue weighted by atomic mass is 10.2. The number of nitrogens with one attached hydrogen (secondary N) is 1. The molecule has 1 amide bonds. The van der Waals surface area contributed by atoms with Gasteiger partial charge in [-0.2, -0.15) is 0 Å². The normalized spacial score (nSPS) is 10.6. The highest BCUT2D eigenvalue weighted by molar-refractivity contribution is 5.92. The Balaban J connectivity index is 1.82. The fourth-order valence-electron chi connectivity index (χ4n) is 2.19. The van der Waals surface area contributed by atoms with E-state index >= 15 is 0 Å². The Bertz CT molecular complexity index is 883. The van der Waals surface area contributed by atoms with Gasteiger partial charge in [0.2, 0.25) is 0 Å². The third-order valence-corrected chi connectivity index (χ3v) is 3.46. The molecule has 0 saturated carbocycles. The first-order valence-electron chi connectivity index (χ1n) is 8.27. The fraction of sp³-hybridized carbons (Fsp3) is 0.200. The number of esters is 1. The fourth-order valence-corrected chi connectivity index (χ4v) is 2.19. The molecular formula is C20H19F2NO5. The Morgan fingerprint density at radius 2 is 1.82 bits per heavy atom. The Labute approximate surface area is 160 Å². The summed E-state index contributed by atoms with van der Waals surface area (Å²) in [7, 11) is 1.47. The summed E-state index contributed by atoms with van der Waals surface area (Å²) in [6, 6.07) is 8.07. The van der Waals surface area contributed by atoms with Crippen molar-refractivity contribution in [2.45, 2.75) is 6.92 Å². The minimum atomic E-state index is -1.10. The van der Waals surface area contributed by atoms with Crippen molar-refractivity contribution in [2.75, 3.05) is 25.6 Å². The average Bonchev–Trinajstić information content (AvgIpc) is 2.68. The first-order chi connectivity index (χ1) is 13.4. The molecule has 2 aromatic rings. The Kier molecular flexibility index (Phi) is 7.50. The lowest BCUT2D eigenvalue weighted by Crippen LogP contribution is -2.23. The lowest BCUT2D eigenvalue weighted by molar-refractivity contribution is -0.149. The number of hydrogen-bond acceptors (Lipinski definition) is 5. The van der Waals surface area contributed by atoms with Gasteiger partial charge in [-0.25, -0.2) is 13.6 Å². The Hall–Kier alpha value is -3.42. The number of rotatable bonds is 8. The molecule has 8 heteroatoms. The number of hydrogen-bond donors (Lipinski definition) is 1. The van der Waals surface area contributed by atoms with Gasteiger partial charge in [0.1, 0.15) is 0 Å². The maximum Gasteiger partial charge on any atom is 0.344 e. The molecular weight excluding hydrogens is 372 g/mol. The van der Waals surface area contributed by atoms with Gasteiger partial charge >= 0.3 is 5.97 Å². The van der Waals surface area contributed by atoms with Crippen molar-refractivity contribution in [1.29, 1.82) is 0 Å². The molecule has 0 heterocycles. The number of allylic oxidation sites excluding steroid dienone is 1. The SMILES string of the molecule is C/C=C/c1ccc(OCC(=O)OCC(=O)Nc2ccc(F)c(F)c2)c(OC)c1. The summed E-state index contributed by atoms with van der Waals surface area (Å²) < 4.78 is 41.3. The number of anilines is 1. The molecule has 6 nitrogen and oxygen atoms in total. The molecule has 0 atom stereocenters. The van der Waals surface area contributed by atoms with Crippen molar-refractivity contribution >= 4 is 23.6 Å². The van der Waals surface area contributed by atoms with Crippen LogP contribution < -0.4 is 14.8 Å². The largest absolute Gasteiger partial charge is 0.493 e. The molecule has 0 unspecified atom stereocenters. The molecule has 28 heavy (non-hydrogen) atoms. The van der Waals surface area contributed by atoms with E-state index in [0.29, 0.717) is 11.5 Å². The highest BCUT2D eigenvalue weighted by atomic mass is 19.2. The number of amides is 1. The second-order valence-corrected chi connectivity index (χ2v) is 5.54. The van der Waals surface area contributed by atoms with Crippen LogP contribution in [0.4, 0.5) is 14.5 Å². The van der Waals surface area contributed by atoms with E-state index in [1.165, 1.54) is 13.2 Å². The smallest absolute Gasteiger partial charge is 0.344 e. The summed E-state index contributed by atoms with van der Waals surface area (Å²) in [5, 5.41) is 2.29. The minimum Gasteiger partial charge on any atom is -0.493 e. The van der Waals surface area contributed by atoms with Crippen molar-refractivity contribution in [2.24, 2.45) is 0 Å². The molecule has 0 aromatic heterocycles. The minimum absolute atomic E-state index is 0.0437. The van der Waals surface area contributed by atoms with E-state index in [4.69, 9.17) is 14.2 Å². The molecule has 1 N–H and O–H groups in total. The zero-order valence-corrected chi connectivity index (χ0v) is 15.3. The third kappa shape index (κ3) is 6.08. The predicted molar refractivity (Wildman–Crippen MR) is 99.1 cm³/mol. The van der Waals surface area contributed by atoms with Gasteiger partial charge in [0.15, 0.2) is 36.3 Å². The summed E-state index contributed by atoms with van der Waals surface area (Å²) >= 11 is 0. The van der Waals surface area contributed by atoms with Gasteiger partial charge in [0.25, 0.3) is 5.91 Å². The van der Waals surface area contributed by atoms with Crippen LogP contribution in [0.3, 0.4) is 0 Å². The van der Waals surface area contributed by atoms with E-state index in [-0.39, 0.29) is 5.69 Å². The topological polar surface area (TPSA) is 73.9 Å². The second-order valence-electron chi connectivity index (χ2n) is 5.54. The summed E-state index contributed by atoms with van der Waals surface area (Å²) in [5.41, 5.74) is 0.949. The maximum absolute atomic E-state index is 13.1. The van der Waals surface area contributed by atoms with Crippen LogP contribution in [0.25, 0.3) is 6.08 Å². The average molecular weight is 391 g/mol. The highest BCUT2D eigenvalue weighted by Gasteiger charge is 2.12. The van der Waals surface area contributed by atoms with Crippen molar-refractivity contribution in [1.82, 2.24) is 0 Å². The standard InChI is InChI=1S/C20H19F2NO5/c1-3-4-13-5-8-17(18(9-13)26-2)27-12-20(25)28-11-19(24)23-14-6-7-15(21)16(22)10-14/h3-10H,11-12H2,1-2H3,(H,23,24)/b4-3+. The van der Waals surface area contributed by atoms with E-state index < -0.39 is 36.7 Å². The van der Waals surface area contributed by atoms with Gasteiger partial charge < -0.3 is 19.5 Å². The first-order valence-corrected chi connectivity index (χ1v) is 8.27. The van der Waals surface area contributed by atoms with Crippen molar-refractivity contribution in [3.8, 4) is 11.5 Å². The van der Waals surface area contributed by atoms with Gasteiger partial charge in [-0.3, -0.25) is 4.79 Å². The number of carbonyl (C=O) groups is 2. The molecule has 0 radical (unpaired) electrons. The molecule has 0 aliphatic rings. The van der Waals surface area contributed by atoms with Crippen LogP contribution in [-0.2, 0) is 14.3 Å². The number of halogens is 2. The molecule has 0 aliphatic heterocycles. The summed E-state index contributed by atoms with van der Waals surface area (Å²) in [6.45, 7) is 0.853. The van der Waals surface area contributed by atoms with E-state index in [1.54, 1.807) is 18.2 Å². The predicted octanol–water partition coefficient (Wildman–Crippen LogP) is 3.57. The second kappa shape index (κ2) is 10.1. The number of methoxy groups -OCH3 is 1. The van der Waals surface area contributed by atoms with E-state index in [1.807, 2.05) is 19.1 Å². The van der Waals surface area contributed by atoms with Crippen molar-refractivity contribution in [3.05, 3.63) is 59.7 Å². The molecule has 0 fully saturated rings. The number of ether oxygens (including phenoxy) is 3. The first kappa shape index (κ1) is 20.9. The van der Waals surface area contributed by atoms with Crippen LogP contribution in [0, 0.1) is 11.6 Å². The summed E-state index contributed by atoms with van der Waals surface area (Å²) in [5.74, 6) is -2.82. The van der Waals surface area contributed by atoms with Gasteiger partial charge in [0.05, 0.1) is 7.11 Å². The van der Waals surface area contributed by atoms with E-state index in [0.717, 1.165) is 17.7 Å². The van der Waals surface area contributed by atoms with Crippen LogP contribution in [0.2, 0.25) is 0 Å². The summed E-state index contributed by atoms with van der Waals surface area (Å²) in [4.78, 5) is 23.5. The van der Waals surface area contributed by atoms with Gasteiger partial charge in [-0.05, 0) is 36.8 Å². The van der Waals surface area contributed by atoms with Crippen LogP contribution in [0.1, 0.15) is 12.5 Å². The van der Waals surface area contributed by atoms with E-state index in [9.17, 15) is 18.4 Å². The van der Waals surface area contributed by atoms with Crippen LogP contribution in [0.15, 0.2) is 42.5 Å². The lowest BCUT2D eigenvalue weighted by Gasteiger charge is -2.11. The molecule has 148 valence electrons. The van der Waals surface area contributed by atoms with Crippen LogP contribution in [-0.4, -0.2) is 32.2 Å². The summed E-state index contributed by atoms with van der Waals surface area (Å²) in [6.07, 6.45) is 3.75. The third-order valence-electron chi connectivity index (χ3n) is 3.46. The Morgan fingerprint density at radius 1 is 1.04 bits per heavy atom. The van der Waals surface area contributed by atoms with Crippen molar-refractivity contribution < 1.29 is 32.6 Å². The number of benzene rings is 2. The van der Waals surface area contributed by atoms with Gasteiger partial charge in [-0.1, -0.05) is 18.2 Å². The highest BCUT2D eigenvalue weighted by Crippen LogP contribution is 2.28. The molecule has 0 saturated heterocycles. The molecule has 0 aliphatic carbocycles. The monoisotopic (exact) mass is 391 g/mol. The van der Waals surface area contributed by atoms with Crippen molar-refractivity contribution in [3.63, 3.8) is 0 Å². The van der Waals surface area contributed by atoms with Crippen LogP contribution in [0.5, 0.6) is 11.5 Å². The molecule has 2 aromatic carbocycles. The molecule has 2 rings (SSSR count). The zero-order chi connectivity index (χ0) is 20.5. The maximum atomic E-state index is 13.1. The quantitative estimate of drug-likeness (QED) is 0.697.